The van der Waals surface area contributed by atoms with Crippen LogP contribution < -0.4 is 20.7 Å². The first-order chi connectivity index (χ1) is 11.1. The third kappa shape index (κ3) is 5.50. The summed E-state index contributed by atoms with van der Waals surface area (Å²) < 4.78 is 5.13. The van der Waals surface area contributed by atoms with Crippen LogP contribution in [0.4, 0.5) is 16.3 Å². The van der Waals surface area contributed by atoms with Gasteiger partial charge < -0.3 is 15.4 Å². The van der Waals surface area contributed by atoms with Gasteiger partial charge in [0.15, 0.2) is 0 Å². The molecule has 23 heavy (non-hydrogen) atoms. The molecule has 0 atom stereocenters. The summed E-state index contributed by atoms with van der Waals surface area (Å²) >= 11 is 0. The number of methoxy groups -OCH3 is 1. The van der Waals surface area contributed by atoms with Gasteiger partial charge in [0.05, 0.1) is 19.0 Å². The molecule has 2 rings (SSSR count). The van der Waals surface area contributed by atoms with E-state index in [0.29, 0.717) is 12.4 Å². The van der Waals surface area contributed by atoms with E-state index in [9.17, 15) is 4.79 Å². The maximum Gasteiger partial charge on any atom is 0.320 e. The lowest BCUT2D eigenvalue weighted by Gasteiger charge is -2.10. The van der Waals surface area contributed by atoms with Crippen molar-refractivity contribution in [1.29, 1.82) is 0 Å². The van der Waals surface area contributed by atoms with Crippen LogP contribution in [0.15, 0.2) is 42.6 Å². The highest BCUT2D eigenvalue weighted by Gasteiger charge is 2.04. The molecule has 0 unspecified atom stereocenters. The van der Waals surface area contributed by atoms with Crippen LogP contribution in [0.2, 0.25) is 0 Å². The third-order valence-corrected chi connectivity index (χ3v) is 3.08. The second-order valence-electron chi connectivity index (χ2n) is 5.39. The molecule has 0 aliphatic carbocycles. The number of carbonyl (C=O) groups excluding carboxylic acids is 1. The van der Waals surface area contributed by atoms with Gasteiger partial charge in [-0.1, -0.05) is 12.1 Å². The summed E-state index contributed by atoms with van der Waals surface area (Å²) in [7, 11) is 1.65. The van der Waals surface area contributed by atoms with Crippen molar-refractivity contribution in [2.75, 3.05) is 17.7 Å². The molecule has 2 aromatic rings. The number of ether oxygens (including phenoxy) is 1. The fourth-order valence-electron chi connectivity index (χ4n) is 1.93. The highest BCUT2D eigenvalue weighted by Crippen LogP contribution is 2.14. The van der Waals surface area contributed by atoms with Crippen LogP contribution in [-0.2, 0) is 6.54 Å². The lowest BCUT2D eigenvalue weighted by molar-refractivity contribution is 0.250. The van der Waals surface area contributed by atoms with Crippen LogP contribution in [0.1, 0.15) is 19.4 Å². The Balaban J connectivity index is 1.85. The van der Waals surface area contributed by atoms with E-state index in [1.165, 1.54) is 0 Å². The molecule has 1 heterocycles. The summed E-state index contributed by atoms with van der Waals surface area (Å²) in [5.74, 6) is 1.35. The van der Waals surface area contributed by atoms with E-state index in [1.54, 1.807) is 19.4 Å². The van der Waals surface area contributed by atoms with Crippen molar-refractivity contribution in [2.24, 2.45) is 0 Å². The summed E-state index contributed by atoms with van der Waals surface area (Å²) in [5, 5.41) is 8.71. The van der Waals surface area contributed by atoms with Crippen molar-refractivity contribution in [3.63, 3.8) is 0 Å². The first kappa shape index (κ1) is 16.6. The lowest BCUT2D eigenvalue weighted by atomic mass is 10.2. The number of pyridine rings is 1. The third-order valence-electron chi connectivity index (χ3n) is 3.08. The number of amides is 2. The Kier molecular flexibility index (Phi) is 5.80. The van der Waals surface area contributed by atoms with Crippen molar-refractivity contribution < 1.29 is 9.53 Å². The topological polar surface area (TPSA) is 75.3 Å². The van der Waals surface area contributed by atoms with Crippen LogP contribution >= 0.6 is 0 Å². The van der Waals surface area contributed by atoms with Crippen molar-refractivity contribution in [3.8, 4) is 5.75 Å². The summed E-state index contributed by atoms with van der Waals surface area (Å²) in [6.45, 7) is 4.49. The van der Waals surface area contributed by atoms with Gasteiger partial charge in [-0.25, -0.2) is 9.78 Å². The Morgan fingerprint density at radius 1 is 1.17 bits per heavy atom. The highest BCUT2D eigenvalue weighted by atomic mass is 16.5. The van der Waals surface area contributed by atoms with Gasteiger partial charge in [0.25, 0.3) is 0 Å². The van der Waals surface area contributed by atoms with E-state index in [-0.39, 0.29) is 12.1 Å². The van der Waals surface area contributed by atoms with Gasteiger partial charge >= 0.3 is 6.03 Å². The van der Waals surface area contributed by atoms with Crippen LogP contribution in [0.5, 0.6) is 5.75 Å². The number of hydrogen-bond donors (Lipinski definition) is 3. The van der Waals surface area contributed by atoms with Gasteiger partial charge in [-0.3, -0.25) is 5.32 Å². The fraction of sp³-hybridized carbons (Fsp3) is 0.294. The number of nitrogens with zero attached hydrogens (tertiary/aromatic N) is 1. The minimum absolute atomic E-state index is 0.0837. The molecular weight excluding hydrogens is 292 g/mol. The number of anilines is 2. The second kappa shape index (κ2) is 8.03. The van der Waals surface area contributed by atoms with Gasteiger partial charge in [-0.15, -0.1) is 0 Å². The number of aromatic nitrogens is 1. The number of benzene rings is 1. The molecule has 0 bridgehead atoms. The zero-order valence-electron chi connectivity index (χ0n) is 13.6. The van der Waals surface area contributed by atoms with E-state index in [2.05, 4.69) is 20.9 Å². The molecule has 1 aromatic heterocycles. The van der Waals surface area contributed by atoms with E-state index in [1.807, 2.05) is 44.2 Å². The van der Waals surface area contributed by atoms with Gasteiger partial charge in [-0.05, 0) is 43.7 Å². The van der Waals surface area contributed by atoms with Crippen molar-refractivity contribution >= 4 is 17.5 Å². The largest absolute Gasteiger partial charge is 0.497 e. The zero-order valence-corrected chi connectivity index (χ0v) is 13.6. The lowest BCUT2D eigenvalue weighted by Crippen LogP contribution is -2.34. The number of hydrogen-bond acceptors (Lipinski definition) is 4. The van der Waals surface area contributed by atoms with Crippen molar-refractivity contribution in [2.45, 2.75) is 26.4 Å². The minimum atomic E-state index is -0.258. The monoisotopic (exact) mass is 314 g/mol. The van der Waals surface area contributed by atoms with Gasteiger partial charge in [0.2, 0.25) is 0 Å². The summed E-state index contributed by atoms with van der Waals surface area (Å²) in [6.07, 6.45) is 1.69. The van der Waals surface area contributed by atoms with E-state index in [0.717, 1.165) is 17.0 Å². The van der Waals surface area contributed by atoms with Gasteiger partial charge in [0, 0.05) is 12.6 Å². The molecule has 0 aliphatic heterocycles. The van der Waals surface area contributed by atoms with Crippen LogP contribution in [0.25, 0.3) is 0 Å². The molecular formula is C17H22N4O2. The van der Waals surface area contributed by atoms with Crippen LogP contribution in [-0.4, -0.2) is 24.2 Å². The maximum atomic E-state index is 11.6. The first-order valence-electron chi connectivity index (χ1n) is 7.47. The first-order valence-corrected chi connectivity index (χ1v) is 7.47. The van der Waals surface area contributed by atoms with Crippen LogP contribution in [0, 0.1) is 0 Å². The molecule has 6 heteroatoms. The average Bonchev–Trinajstić information content (AvgIpc) is 2.54. The SMILES string of the molecule is COc1ccc(CNc2ccc(NC(=O)NC(C)C)nc2)cc1. The zero-order chi connectivity index (χ0) is 16.7. The summed E-state index contributed by atoms with van der Waals surface area (Å²) in [5.41, 5.74) is 2.03. The molecule has 0 radical (unpaired) electrons. The molecule has 0 saturated carbocycles. The molecule has 0 fully saturated rings. The minimum Gasteiger partial charge on any atom is -0.497 e. The Labute approximate surface area is 136 Å². The van der Waals surface area contributed by atoms with E-state index < -0.39 is 0 Å². The van der Waals surface area contributed by atoms with Crippen molar-refractivity contribution in [1.82, 2.24) is 10.3 Å². The highest BCUT2D eigenvalue weighted by molar-refractivity contribution is 5.88. The summed E-state index contributed by atoms with van der Waals surface area (Å²) in [6, 6.07) is 11.3. The molecule has 3 N–H and O–H groups in total. The molecule has 6 nitrogen and oxygen atoms in total. The van der Waals surface area contributed by atoms with E-state index in [4.69, 9.17) is 4.74 Å². The maximum absolute atomic E-state index is 11.6. The van der Waals surface area contributed by atoms with Gasteiger partial charge in [0.1, 0.15) is 11.6 Å². The fourth-order valence-corrected chi connectivity index (χ4v) is 1.93. The predicted molar refractivity (Wildman–Crippen MR) is 91.8 cm³/mol. The Hall–Kier alpha value is -2.76. The number of rotatable bonds is 6. The molecule has 1 aromatic carbocycles. The molecule has 2 amide bonds. The Morgan fingerprint density at radius 2 is 1.91 bits per heavy atom. The Morgan fingerprint density at radius 3 is 2.48 bits per heavy atom. The molecule has 122 valence electrons. The molecule has 0 spiro atoms. The standard InChI is InChI=1S/C17H22N4O2/c1-12(2)20-17(22)21-16-9-6-14(11-19-16)18-10-13-4-7-15(23-3)8-5-13/h4-9,11-12,18H,10H2,1-3H3,(H2,19,20,21,22). The number of urea groups is 1. The number of nitrogens with one attached hydrogen (secondary N) is 3. The molecule has 0 saturated heterocycles. The average molecular weight is 314 g/mol. The summed E-state index contributed by atoms with van der Waals surface area (Å²) in [4.78, 5) is 15.8. The molecule has 0 aliphatic rings. The smallest absolute Gasteiger partial charge is 0.320 e. The normalized spacial score (nSPS) is 10.3. The van der Waals surface area contributed by atoms with Crippen LogP contribution in [0.3, 0.4) is 0 Å². The predicted octanol–water partition coefficient (Wildman–Crippen LogP) is 3.23. The number of carbonyl (C=O) groups is 1. The second-order valence-corrected chi connectivity index (χ2v) is 5.39. The quantitative estimate of drug-likeness (QED) is 0.765. The van der Waals surface area contributed by atoms with E-state index >= 15 is 0 Å². The van der Waals surface area contributed by atoms with Gasteiger partial charge in [-0.2, -0.15) is 0 Å². The Bertz CT molecular complexity index is 624. The van der Waals surface area contributed by atoms with Crippen molar-refractivity contribution in [3.05, 3.63) is 48.2 Å².